The van der Waals surface area contributed by atoms with Gasteiger partial charge in [-0.05, 0) is 47.1 Å². The molecule has 2 aromatic heterocycles. The minimum Gasteiger partial charge on any atom is -0.493 e. The van der Waals surface area contributed by atoms with Crippen LogP contribution in [0, 0.1) is 11.3 Å². The number of esters is 1. The Hall–Kier alpha value is -2.98. The van der Waals surface area contributed by atoms with E-state index in [4.69, 9.17) is 14.2 Å². The number of aromatic nitrogens is 1. The van der Waals surface area contributed by atoms with E-state index in [1.165, 1.54) is 7.11 Å². The van der Waals surface area contributed by atoms with Crippen molar-refractivity contribution >= 4 is 27.4 Å². The number of hydrogen-bond donors (Lipinski definition) is 0. The minimum atomic E-state index is -0.517. The van der Waals surface area contributed by atoms with E-state index in [9.17, 15) is 10.1 Å². The lowest BCUT2D eigenvalue weighted by Crippen LogP contribution is -2.07. The maximum Gasteiger partial charge on any atom is 0.338 e. The Balaban J connectivity index is 1.83. The van der Waals surface area contributed by atoms with Crippen molar-refractivity contribution in [1.82, 2.24) is 4.40 Å². The quantitative estimate of drug-likeness (QED) is 0.546. The summed E-state index contributed by atoms with van der Waals surface area (Å²) in [4.78, 5) is 12.5. The van der Waals surface area contributed by atoms with E-state index in [1.807, 2.05) is 35.7 Å². The number of carbonyl (C=O) groups excluding carboxylic acids is 1. The van der Waals surface area contributed by atoms with E-state index >= 15 is 0 Å². The molecule has 0 saturated carbocycles. The van der Waals surface area contributed by atoms with Gasteiger partial charge in [0, 0.05) is 18.0 Å². The normalized spacial score (nSPS) is 10.4. The van der Waals surface area contributed by atoms with Gasteiger partial charge < -0.3 is 18.6 Å². The van der Waals surface area contributed by atoms with Crippen molar-refractivity contribution in [3.05, 3.63) is 63.9 Å². The lowest BCUT2D eigenvalue weighted by Gasteiger charge is -2.13. The van der Waals surface area contributed by atoms with E-state index in [1.54, 1.807) is 18.3 Å². The van der Waals surface area contributed by atoms with Gasteiger partial charge in [0.2, 0.25) is 0 Å². The summed E-state index contributed by atoms with van der Waals surface area (Å²) in [5.74, 6) is 0.448. The molecule has 0 aliphatic heterocycles. The Morgan fingerprint density at radius 1 is 1.33 bits per heavy atom. The second-order valence-corrected chi connectivity index (χ2v) is 6.49. The molecule has 3 aromatic rings. The van der Waals surface area contributed by atoms with Gasteiger partial charge in [-0.15, -0.1) is 0 Å². The summed E-state index contributed by atoms with van der Waals surface area (Å²) in [7, 11) is 1.51. The molecular formula is C20H17BrN2O4. The molecule has 0 spiro atoms. The zero-order chi connectivity index (χ0) is 19.4. The van der Waals surface area contributed by atoms with Crippen LogP contribution in [-0.4, -0.2) is 24.1 Å². The molecule has 27 heavy (non-hydrogen) atoms. The average molecular weight is 429 g/mol. The standard InChI is InChI=1S/C20H17BrN2O4/c1-3-26-19-16(21)8-13(9-18(19)25-2)20(24)27-12-14-11-23-7-5-4-6-17(23)15(14)10-22/h4-9,11H,3,12H2,1-2H3. The van der Waals surface area contributed by atoms with Gasteiger partial charge in [-0.1, -0.05) is 6.07 Å². The Kier molecular flexibility index (Phi) is 5.67. The number of nitrogens with zero attached hydrogens (tertiary/aromatic N) is 2. The number of fused-ring (bicyclic) bond motifs is 1. The highest BCUT2D eigenvalue weighted by Gasteiger charge is 2.18. The molecule has 0 fully saturated rings. The van der Waals surface area contributed by atoms with Crippen molar-refractivity contribution in [3.63, 3.8) is 0 Å². The maximum absolute atomic E-state index is 12.5. The number of carbonyl (C=O) groups is 1. The molecule has 0 N–H and O–H groups in total. The lowest BCUT2D eigenvalue weighted by molar-refractivity contribution is 0.0472. The SMILES string of the molecule is CCOc1c(Br)cc(C(=O)OCc2cn3ccccc3c2C#N)cc1OC. The first-order valence-corrected chi connectivity index (χ1v) is 9.04. The van der Waals surface area contributed by atoms with Crippen LogP contribution in [-0.2, 0) is 11.3 Å². The number of methoxy groups -OCH3 is 1. The summed E-state index contributed by atoms with van der Waals surface area (Å²) >= 11 is 3.39. The van der Waals surface area contributed by atoms with Gasteiger partial charge in [0.25, 0.3) is 0 Å². The Morgan fingerprint density at radius 3 is 2.85 bits per heavy atom. The predicted octanol–water partition coefficient (Wildman–Crippen LogP) is 4.34. The van der Waals surface area contributed by atoms with Crippen LogP contribution in [0.25, 0.3) is 5.52 Å². The molecule has 0 unspecified atom stereocenters. The highest BCUT2D eigenvalue weighted by Crippen LogP contribution is 2.37. The van der Waals surface area contributed by atoms with Gasteiger partial charge >= 0.3 is 5.97 Å². The fourth-order valence-electron chi connectivity index (χ4n) is 2.76. The topological polar surface area (TPSA) is 73.0 Å². The first-order valence-electron chi connectivity index (χ1n) is 8.25. The number of hydrogen-bond acceptors (Lipinski definition) is 5. The number of pyridine rings is 1. The molecule has 0 saturated heterocycles. The van der Waals surface area contributed by atoms with Gasteiger partial charge in [-0.2, -0.15) is 5.26 Å². The third-order valence-electron chi connectivity index (χ3n) is 3.99. The molecule has 3 rings (SSSR count). The monoisotopic (exact) mass is 428 g/mol. The van der Waals surface area contributed by atoms with E-state index in [2.05, 4.69) is 22.0 Å². The molecule has 6 nitrogen and oxygen atoms in total. The van der Waals surface area contributed by atoms with Crippen molar-refractivity contribution in [1.29, 1.82) is 5.26 Å². The number of benzene rings is 1. The van der Waals surface area contributed by atoms with Gasteiger partial charge in [0.15, 0.2) is 11.5 Å². The van der Waals surface area contributed by atoms with Crippen LogP contribution in [0.4, 0.5) is 0 Å². The van der Waals surface area contributed by atoms with Crippen LogP contribution < -0.4 is 9.47 Å². The van der Waals surface area contributed by atoms with Crippen molar-refractivity contribution in [3.8, 4) is 17.6 Å². The van der Waals surface area contributed by atoms with Crippen LogP contribution in [0.3, 0.4) is 0 Å². The number of halogens is 1. The second kappa shape index (κ2) is 8.14. The summed E-state index contributed by atoms with van der Waals surface area (Å²) < 4.78 is 18.7. The molecule has 1 aromatic carbocycles. The predicted molar refractivity (Wildman–Crippen MR) is 103 cm³/mol. The molecule has 2 heterocycles. The summed E-state index contributed by atoms with van der Waals surface area (Å²) in [5.41, 5.74) is 2.24. The zero-order valence-corrected chi connectivity index (χ0v) is 16.4. The second-order valence-electron chi connectivity index (χ2n) is 5.63. The van der Waals surface area contributed by atoms with Gasteiger partial charge in [0.05, 0.1) is 34.8 Å². The Bertz CT molecular complexity index is 1040. The molecule has 0 bridgehead atoms. The molecule has 7 heteroatoms. The third-order valence-corrected chi connectivity index (χ3v) is 4.58. The van der Waals surface area contributed by atoms with E-state index < -0.39 is 5.97 Å². The largest absolute Gasteiger partial charge is 0.493 e. The summed E-state index contributed by atoms with van der Waals surface area (Å²) in [6.07, 6.45) is 3.63. The summed E-state index contributed by atoms with van der Waals surface area (Å²) in [6.45, 7) is 2.33. The van der Waals surface area contributed by atoms with Crippen LogP contribution in [0.1, 0.15) is 28.4 Å². The van der Waals surface area contributed by atoms with Gasteiger partial charge in [-0.3, -0.25) is 0 Å². The lowest BCUT2D eigenvalue weighted by atomic mass is 10.2. The Morgan fingerprint density at radius 2 is 2.15 bits per heavy atom. The fourth-order valence-corrected chi connectivity index (χ4v) is 3.32. The molecule has 0 radical (unpaired) electrons. The molecule has 0 aliphatic rings. The van der Waals surface area contributed by atoms with Crippen LogP contribution in [0.15, 0.2) is 47.2 Å². The number of nitriles is 1. The van der Waals surface area contributed by atoms with Crippen LogP contribution in [0.2, 0.25) is 0 Å². The highest BCUT2D eigenvalue weighted by molar-refractivity contribution is 9.10. The van der Waals surface area contributed by atoms with Gasteiger partial charge in [0.1, 0.15) is 12.7 Å². The Labute approximate surface area is 165 Å². The fraction of sp³-hybridized carbons (Fsp3) is 0.200. The summed E-state index contributed by atoms with van der Waals surface area (Å²) in [6, 6.07) is 10.9. The zero-order valence-electron chi connectivity index (χ0n) is 14.9. The summed E-state index contributed by atoms with van der Waals surface area (Å²) in [5, 5.41) is 9.43. The van der Waals surface area contributed by atoms with Crippen molar-refractivity contribution in [2.75, 3.05) is 13.7 Å². The van der Waals surface area contributed by atoms with E-state index in [-0.39, 0.29) is 6.61 Å². The highest BCUT2D eigenvalue weighted by atomic mass is 79.9. The average Bonchev–Trinajstić information content (AvgIpc) is 3.04. The maximum atomic E-state index is 12.5. The minimum absolute atomic E-state index is 0.00342. The number of rotatable bonds is 6. The van der Waals surface area contributed by atoms with Crippen molar-refractivity contribution in [2.45, 2.75) is 13.5 Å². The third kappa shape index (κ3) is 3.76. The van der Waals surface area contributed by atoms with E-state index in [0.717, 1.165) is 5.52 Å². The molecule has 0 atom stereocenters. The van der Waals surface area contributed by atoms with Crippen molar-refractivity contribution in [2.24, 2.45) is 0 Å². The van der Waals surface area contributed by atoms with Crippen LogP contribution >= 0.6 is 15.9 Å². The first-order chi connectivity index (χ1) is 13.1. The number of ether oxygens (including phenoxy) is 3. The van der Waals surface area contributed by atoms with Crippen LogP contribution in [0.5, 0.6) is 11.5 Å². The van der Waals surface area contributed by atoms with Gasteiger partial charge in [-0.25, -0.2) is 4.79 Å². The molecule has 138 valence electrons. The smallest absolute Gasteiger partial charge is 0.338 e. The molecule has 0 amide bonds. The molecular weight excluding hydrogens is 412 g/mol. The van der Waals surface area contributed by atoms with Crippen molar-refractivity contribution < 1.29 is 19.0 Å². The van der Waals surface area contributed by atoms with E-state index in [0.29, 0.717) is 39.3 Å². The first kappa shape index (κ1) is 18.8. The molecule has 0 aliphatic carbocycles.